The summed E-state index contributed by atoms with van der Waals surface area (Å²) in [6.45, 7) is 0.808. The Balaban J connectivity index is 1.79. The Kier molecular flexibility index (Phi) is 3.19. The van der Waals surface area contributed by atoms with Crippen LogP contribution in [0.3, 0.4) is 0 Å². The molecular formula is C18H17N3S. The van der Waals surface area contributed by atoms with Gasteiger partial charge >= 0.3 is 0 Å². The van der Waals surface area contributed by atoms with Crippen molar-refractivity contribution in [2.45, 2.75) is 25.3 Å². The molecule has 0 bridgehead atoms. The Morgan fingerprint density at radius 1 is 1.18 bits per heavy atom. The van der Waals surface area contributed by atoms with E-state index in [9.17, 15) is 0 Å². The standard InChI is InChI=1S/C18H17N3S/c19-17(22)14-5-3-4-12(10-14)11-21-16-7-2-1-6-15(16)20-18(21)13-8-9-13/h1-7,10,13H,8-9,11H2,(H2,19,22). The van der Waals surface area contributed by atoms with Crippen molar-refractivity contribution in [2.24, 2.45) is 5.73 Å². The monoisotopic (exact) mass is 307 g/mol. The van der Waals surface area contributed by atoms with Crippen molar-refractivity contribution in [1.82, 2.24) is 9.55 Å². The van der Waals surface area contributed by atoms with Crippen molar-refractivity contribution in [1.29, 1.82) is 0 Å². The largest absolute Gasteiger partial charge is 0.389 e. The minimum absolute atomic E-state index is 0.444. The number of para-hydroxylation sites is 2. The van der Waals surface area contributed by atoms with Gasteiger partial charge in [-0.3, -0.25) is 0 Å². The molecule has 3 nitrogen and oxygen atoms in total. The lowest BCUT2D eigenvalue weighted by Gasteiger charge is -2.10. The number of thiocarbonyl (C=S) groups is 1. The molecule has 0 radical (unpaired) electrons. The Bertz CT molecular complexity index is 862. The average Bonchev–Trinajstić information content (AvgIpc) is 3.31. The highest BCUT2D eigenvalue weighted by atomic mass is 32.1. The Morgan fingerprint density at radius 3 is 2.77 bits per heavy atom. The summed E-state index contributed by atoms with van der Waals surface area (Å²) in [6.07, 6.45) is 2.49. The van der Waals surface area contributed by atoms with Crippen LogP contribution >= 0.6 is 12.2 Å². The van der Waals surface area contributed by atoms with Crippen LogP contribution in [0, 0.1) is 0 Å². The van der Waals surface area contributed by atoms with Crippen LogP contribution in [0.4, 0.5) is 0 Å². The molecule has 1 heterocycles. The fourth-order valence-electron chi connectivity index (χ4n) is 2.92. The molecule has 22 heavy (non-hydrogen) atoms. The van der Waals surface area contributed by atoms with Gasteiger partial charge in [0.1, 0.15) is 10.8 Å². The molecule has 1 aliphatic rings. The molecule has 0 atom stereocenters. The summed E-state index contributed by atoms with van der Waals surface area (Å²) < 4.78 is 2.34. The minimum atomic E-state index is 0.444. The maximum atomic E-state index is 5.75. The summed E-state index contributed by atoms with van der Waals surface area (Å²) in [6, 6.07) is 16.5. The van der Waals surface area contributed by atoms with Crippen molar-refractivity contribution in [3.8, 4) is 0 Å². The third kappa shape index (κ3) is 2.40. The van der Waals surface area contributed by atoms with Gasteiger partial charge in [0.15, 0.2) is 0 Å². The summed E-state index contributed by atoms with van der Waals surface area (Å²) >= 11 is 5.08. The molecule has 1 aromatic heterocycles. The van der Waals surface area contributed by atoms with Crippen LogP contribution in [-0.4, -0.2) is 14.5 Å². The van der Waals surface area contributed by atoms with Gasteiger partial charge in [-0.15, -0.1) is 0 Å². The van der Waals surface area contributed by atoms with Crippen LogP contribution in [0.25, 0.3) is 11.0 Å². The smallest absolute Gasteiger partial charge is 0.113 e. The third-order valence-corrected chi connectivity index (χ3v) is 4.41. The van der Waals surface area contributed by atoms with E-state index in [0.29, 0.717) is 10.9 Å². The first-order valence-electron chi connectivity index (χ1n) is 7.56. The Hall–Kier alpha value is -2.20. The molecule has 0 saturated heterocycles. The maximum absolute atomic E-state index is 5.75. The van der Waals surface area contributed by atoms with E-state index in [2.05, 4.69) is 34.9 Å². The van der Waals surface area contributed by atoms with Gasteiger partial charge in [0.25, 0.3) is 0 Å². The van der Waals surface area contributed by atoms with Crippen LogP contribution < -0.4 is 5.73 Å². The molecular weight excluding hydrogens is 290 g/mol. The fourth-order valence-corrected chi connectivity index (χ4v) is 3.05. The van der Waals surface area contributed by atoms with E-state index >= 15 is 0 Å². The number of benzene rings is 2. The van der Waals surface area contributed by atoms with Gasteiger partial charge in [-0.1, -0.05) is 42.5 Å². The molecule has 4 rings (SSSR count). The molecule has 110 valence electrons. The summed E-state index contributed by atoms with van der Waals surface area (Å²) in [4.78, 5) is 5.29. The van der Waals surface area contributed by atoms with Gasteiger partial charge in [0.2, 0.25) is 0 Å². The second kappa shape index (κ2) is 5.21. The zero-order valence-electron chi connectivity index (χ0n) is 12.2. The highest BCUT2D eigenvalue weighted by molar-refractivity contribution is 7.80. The van der Waals surface area contributed by atoms with Gasteiger partial charge in [-0.05, 0) is 36.6 Å². The van der Waals surface area contributed by atoms with Gasteiger partial charge in [0, 0.05) is 18.0 Å². The van der Waals surface area contributed by atoms with Gasteiger partial charge in [-0.2, -0.15) is 0 Å². The summed E-state index contributed by atoms with van der Waals surface area (Å²) in [5.41, 5.74) is 10.2. The third-order valence-electron chi connectivity index (χ3n) is 4.18. The molecule has 0 amide bonds. The predicted octanol–water partition coefficient (Wildman–Crippen LogP) is 3.60. The number of aromatic nitrogens is 2. The molecule has 4 heteroatoms. The number of imidazole rings is 1. The van der Waals surface area contributed by atoms with Crippen molar-refractivity contribution in [2.75, 3.05) is 0 Å². The molecule has 1 aliphatic carbocycles. The van der Waals surface area contributed by atoms with Crippen molar-refractivity contribution in [3.63, 3.8) is 0 Å². The number of hydrogen-bond donors (Lipinski definition) is 1. The second-order valence-corrected chi connectivity index (χ2v) is 6.32. The van der Waals surface area contributed by atoms with E-state index in [4.69, 9.17) is 22.9 Å². The fraction of sp³-hybridized carbons (Fsp3) is 0.222. The SMILES string of the molecule is NC(=S)c1cccc(Cn2c(C3CC3)nc3ccccc32)c1. The summed E-state index contributed by atoms with van der Waals surface area (Å²) in [5, 5.41) is 0. The maximum Gasteiger partial charge on any atom is 0.113 e. The zero-order chi connectivity index (χ0) is 15.1. The first-order valence-corrected chi connectivity index (χ1v) is 7.97. The normalized spacial score (nSPS) is 14.4. The minimum Gasteiger partial charge on any atom is -0.389 e. The van der Waals surface area contributed by atoms with Crippen molar-refractivity contribution < 1.29 is 0 Å². The van der Waals surface area contributed by atoms with Crippen LogP contribution in [0.5, 0.6) is 0 Å². The molecule has 0 unspecified atom stereocenters. The van der Waals surface area contributed by atoms with E-state index in [1.807, 2.05) is 18.2 Å². The highest BCUT2D eigenvalue weighted by Crippen LogP contribution is 2.40. The molecule has 1 saturated carbocycles. The van der Waals surface area contributed by atoms with Crippen molar-refractivity contribution in [3.05, 3.63) is 65.5 Å². The first kappa shape index (κ1) is 13.5. The molecule has 1 fully saturated rings. The number of fused-ring (bicyclic) bond motifs is 1. The summed E-state index contributed by atoms with van der Waals surface area (Å²) in [5.74, 6) is 1.83. The van der Waals surface area contributed by atoms with Crippen LogP contribution in [0.2, 0.25) is 0 Å². The number of hydrogen-bond acceptors (Lipinski definition) is 2. The lowest BCUT2D eigenvalue weighted by atomic mass is 10.1. The van der Waals surface area contributed by atoms with E-state index in [0.717, 1.165) is 17.6 Å². The van der Waals surface area contributed by atoms with Gasteiger partial charge < -0.3 is 10.3 Å². The lowest BCUT2D eigenvalue weighted by molar-refractivity contribution is 0.747. The average molecular weight is 307 g/mol. The van der Waals surface area contributed by atoms with Crippen LogP contribution in [0.15, 0.2) is 48.5 Å². The molecule has 3 aromatic rings. The second-order valence-electron chi connectivity index (χ2n) is 5.88. The highest BCUT2D eigenvalue weighted by Gasteiger charge is 2.29. The van der Waals surface area contributed by atoms with E-state index in [-0.39, 0.29) is 0 Å². The molecule has 0 aliphatic heterocycles. The Labute approximate surface area is 134 Å². The van der Waals surface area contributed by atoms with Crippen molar-refractivity contribution >= 4 is 28.2 Å². The predicted molar refractivity (Wildman–Crippen MR) is 93.1 cm³/mol. The summed E-state index contributed by atoms with van der Waals surface area (Å²) in [7, 11) is 0. The van der Waals surface area contributed by atoms with Crippen LogP contribution in [-0.2, 0) is 6.54 Å². The van der Waals surface area contributed by atoms with E-state index < -0.39 is 0 Å². The zero-order valence-corrected chi connectivity index (χ0v) is 13.0. The van der Waals surface area contributed by atoms with E-state index in [1.165, 1.54) is 29.7 Å². The number of rotatable bonds is 4. The van der Waals surface area contributed by atoms with Crippen LogP contribution in [0.1, 0.15) is 35.7 Å². The number of nitrogens with zero attached hydrogens (tertiary/aromatic N) is 2. The van der Waals surface area contributed by atoms with Gasteiger partial charge in [0.05, 0.1) is 11.0 Å². The van der Waals surface area contributed by atoms with Gasteiger partial charge in [-0.25, -0.2) is 4.98 Å². The number of nitrogens with two attached hydrogens (primary N) is 1. The molecule has 0 spiro atoms. The molecule has 2 N–H and O–H groups in total. The lowest BCUT2D eigenvalue weighted by Crippen LogP contribution is -2.10. The first-order chi connectivity index (χ1) is 10.7. The Morgan fingerprint density at radius 2 is 2.00 bits per heavy atom. The van der Waals surface area contributed by atoms with E-state index in [1.54, 1.807) is 0 Å². The topological polar surface area (TPSA) is 43.8 Å². The molecule has 2 aromatic carbocycles. The quantitative estimate of drug-likeness (QED) is 0.749.